The zero-order chi connectivity index (χ0) is 20.3. The fourth-order valence-corrected chi connectivity index (χ4v) is 4.33. The molecule has 3 rings (SSSR count). The Bertz CT molecular complexity index is 631. The van der Waals surface area contributed by atoms with Crippen molar-refractivity contribution in [2.45, 2.75) is 39.2 Å². The lowest BCUT2D eigenvalue weighted by Crippen LogP contribution is -2.41. The van der Waals surface area contributed by atoms with Crippen LogP contribution in [0.3, 0.4) is 0 Å². The summed E-state index contributed by atoms with van der Waals surface area (Å²) in [7, 11) is 1.69. The molecular weight excluding hydrogens is 364 g/mol. The van der Waals surface area contributed by atoms with Crippen molar-refractivity contribution in [3.05, 3.63) is 29.8 Å². The molecule has 0 spiro atoms. The molecule has 2 heterocycles. The van der Waals surface area contributed by atoms with Gasteiger partial charge in [0.2, 0.25) is 0 Å². The van der Waals surface area contributed by atoms with E-state index >= 15 is 0 Å². The maximum atomic E-state index is 5.83. The Balaban J connectivity index is 1.42. The van der Waals surface area contributed by atoms with Crippen LogP contribution in [0.2, 0.25) is 0 Å². The highest BCUT2D eigenvalue weighted by Crippen LogP contribution is 2.20. The number of benzene rings is 1. The molecule has 29 heavy (non-hydrogen) atoms. The predicted molar refractivity (Wildman–Crippen MR) is 119 cm³/mol. The van der Waals surface area contributed by atoms with E-state index in [0.29, 0.717) is 19.8 Å². The van der Waals surface area contributed by atoms with E-state index in [1.165, 1.54) is 45.3 Å². The fraction of sp³-hybridized carbons (Fsp3) is 0.696. The Kier molecular flexibility index (Phi) is 9.09. The van der Waals surface area contributed by atoms with Crippen molar-refractivity contribution < 1.29 is 9.47 Å². The molecule has 0 saturated carbocycles. The maximum absolute atomic E-state index is 5.83. The summed E-state index contributed by atoms with van der Waals surface area (Å²) in [6, 6.07) is 7.99. The molecule has 0 aromatic heterocycles. The van der Waals surface area contributed by atoms with Crippen LogP contribution in [0.1, 0.15) is 38.2 Å². The van der Waals surface area contributed by atoms with Crippen LogP contribution in [0.15, 0.2) is 29.3 Å². The molecule has 1 atom stereocenters. The van der Waals surface area contributed by atoms with Gasteiger partial charge in [-0.15, -0.1) is 0 Å². The first kappa shape index (κ1) is 21.9. The molecule has 162 valence electrons. The van der Waals surface area contributed by atoms with Crippen molar-refractivity contribution >= 4 is 5.96 Å². The Labute approximate surface area is 176 Å². The number of piperidine rings is 1. The molecule has 0 aliphatic carbocycles. The average molecular weight is 403 g/mol. The van der Waals surface area contributed by atoms with E-state index in [1.807, 2.05) is 24.3 Å². The normalized spacial score (nSPS) is 20.8. The second kappa shape index (κ2) is 12.0. The van der Waals surface area contributed by atoms with Crippen molar-refractivity contribution in [1.29, 1.82) is 0 Å². The average Bonchev–Trinajstić information content (AvgIpc) is 3.22. The first-order chi connectivity index (χ1) is 14.3. The number of hydrogen-bond donors (Lipinski definition) is 1. The monoisotopic (exact) mass is 402 g/mol. The summed E-state index contributed by atoms with van der Waals surface area (Å²) in [6.07, 6.45) is 5.42. The molecule has 0 amide bonds. The fourth-order valence-electron chi connectivity index (χ4n) is 4.33. The standard InChI is InChI=1S/C23H38N4O2/c1-3-24-23(25-12-16-29-19-21-9-5-6-10-22(21)28-2)27-15-11-20(18-27)17-26-13-7-4-8-14-26/h5-6,9-10,20H,3-4,7-8,11-19H2,1-2H3,(H,24,25). The van der Waals surface area contributed by atoms with Crippen molar-refractivity contribution in [3.8, 4) is 5.75 Å². The van der Waals surface area contributed by atoms with Gasteiger partial charge in [-0.25, -0.2) is 0 Å². The second-order valence-electron chi connectivity index (χ2n) is 8.06. The van der Waals surface area contributed by atoms with Gasteiger partial charge in [0.05, 0.1) is 26.9 Å². The van der Waals surface area contributed by atoms with Gasteiger partial charge in [-0.05, 0) is 51.3 Å². The van der Waals surface area contributed by atoms with Gasteiger partial charge in [0.15, 0.2) is 5.96 Å². The number of hydrogen-bond acceptors (Lipinski definition) is 4. The molecule has 1 aromatic carbocycles. The Morgan fingerprint density at radius 2 is 2.00 bits per heavy atom. The number of rotatable bonds is 9. The third-order valence-corrected chi connectivity index (χ3v) is 5.83. The Hall–Kier alpha value is -1.79. The third kappa shape index (κ3) is 6.89. The smallest absolute Gasteiger partial charge is 0.194 e. The number of para-hydroxylation sites is 1. The van der Waals surface area contributed by atoms with Crippen LogP contribution in [-0.2, 0) is 11.3 Å². The largest absolute Gasteiger partial charge is 0.496 e. The van der Waals surface area contributed by atoms with Crippen LogP contribution in [0.5, 0.6) is 5.75 Å². The zero-order valence-electron chi connectivity index (χ0n) is 18.2. The van der Waals surface area contributed by atoms with E-state index in [9.17, 15) is 0 Å². The summed E-state index contributed by atoms with van der Waals surface area (Å²) >= 11 is 0. The van der Waals surface area contributed by atoms with Gasteiger partial charge in [0.25, 0.3) is 0 Å². The SMILES string of the molecule is CCNC(=NCCOCc1ccccc1OC)N1CCC(CN2CCCCC2)C1. The molecule has 1 unspecified atom stereocenters. The minimum absolute atomic E-state index is 0.553. The van der Waals surface area contributed by atoms with Gasteiger partial charge in [0, 0.05) is 31.7 Å². The highest BCUT2D eigenvalue weighted by Gasteiger charge is 2.26. The number of ether oxygens (including phenoxy) is 2. The third-order valence-electron chi connectivity index (χ3n) is 5.83. The molecule has 0 bridgehead atoms. The van der Waals surface area contributed by atoms with Crippen LogP contribution < -0.4 is 10.1 Å². The van der Waals surface area contributed by atoms with Crippen LogP contribution in [0.4, 0.5) is 0 Å². The van der Waals surface area contributed by atoms with E-state index < -0.39 is 0 Å². The topological polar surface area (TPSA) is 49.3 Å². The number of guanidine groups is 1. The summed E-state index contributed by atoms with van der Waals surface area (Å²) in [4.78, 5) is 9.90. The number of nitrogens with one attached hydrogen (secondary N) is 1. The molecule has 2 fully saturated rings. The zero-order valence-corrected chi connectivity index (χ0v) is 18.2. The van der Waals surface area contributed by atoms with Gasteiger partial charge in [-0.1, -0.05) is 24.6 Å². The number of nitrogens with zero attached hydrogens (tertiary/aromatic N) is 3. The van der Waals surface area contributed by atoms with Crippen molar-refractivity contribution in [2.75, 3.05) is 59.5 Å². The van der Waals surface area contributed by atoms with E-state index in [2.05, 4.69) is 22.0 Å². The molecule has 1 N–H and O–H groups in total. The minimum Gasteiger partial charge on any atom is -0.496 e. The number of aliphatic imine (C=N–C) groups is 1. The van der Waals surface area contributed by atoms with Crippen LogP contribution in [0, 0.1) is 5.92 Å². The molecule has 0 radical (unpaired) electrons. The summed E-state index contributed by atoms with van der Waals surface area (Å²) in [5.74, 6) is 2.68. The first-order valence-electron chi connectivity index (χ1n) is 11.3. The van der Waals surface area contributed by atoms with Crippen LogP contribution in [-0.4, -0.2) is 75.3 Å². The molecule has 2 aliphatic rings. The van der Waals surface area contributed by atoms with Gasteiger partial charge < -0.3 is 24.6 Å². The van der Waals surface area contributed by atoms with Crippen molar-refractivity contribution in [1.82, 2.24) is 15.1 Å². The lowest BCUT2D eigenvalue weighted by molar-refractivity contribution is 0.126. The molecular formula is C23H38N4O2. The van der Waals surface area contributed by atoms with Gasteiger partial charge in [-0.2, -0.15) is 0 Å². The summed E-state index contributed by atoms with van der Waals surface area (Å²) in [5, 5.41) is 3.46. The lowest BCUT2D eigenvalue weighted by Gasteiger charge is -2.29. The van der Waals surface area contributed by atoms with Gasteiger partial charge in [0.1, 0.15) is 5.75 Å². The highest BCUT2D eigenvalue weighted by molar-refractivity contribution is 5.80. The maximum Gasteiger partial charge on any atom is 0.194 e. The van der Waals surface area contributed by atoms with E-state index in [1.54, 1.807) is 7.11 Å². The number of methoxy groups -OCH3 is 1. The molecule has 1 aromatic rings. The molecule has 6 nitrogen and oxygen atoms in total. The van der Waals surface area contributed by atoms with Crippen LogP contribution in [0.25, 0.3) is 0 Å². The quantitative estimate of drug-likeness (QED) is 0.391. The van der Waals surface area contributed by atoms with E-state index in [0.717, 1.165) is 42.8 Å². The van der Waals surface area contributed by atoms with Gasteiger partial charge in [-0.3, -0.25) is 4.99 Å². The van der Waals surface area contributed by atoms with Crippen LogP contribution >= 0.6 is 0 Å². The summed E-state index contributed by atoms with van der Waals surface area (Å²) in [5.41, 5.74) is 1.07. The Morgan fingerprint density at radius 3 is 2.79 bits per heavy atom. The molecule has 2 aliphatic heterocycles. The molecule has 2 saturated heterocycles. The summed E-state index contributed by atoms with van der Waals surface area (Å²) in [6.45, 7) is 10.9. The highest BCUT2D eigenvalue weighted by atomic mass is 16.5. The summed E-state index contributed by atoms with van der Waals surface area (Å²) < 4.78 is 11.2. The van der Waals surface area contributed by atoms with Crippen molar-refractivity contribution in [3.63, 3.8) is 0 Å². The second-order valence-corrected chi connectivity index (χ2v) is 8.06. The van der Waals surface area contributed by atoms with Crippen molar-refractivity contribution in [2.24, 2.45) is 10.9 Å². The molecule has 6 heteroatoms. The van der Waals surface area contributed by atoms with E-state index in [-0.39, 0.29) is 0 Å². The first-order valence-corrected chi connectivity index (χ1v) is 11.3. The predicted octanol–water partition coefficient (Wildman–Crippen LogP) is 2.99. The van der Waals surface area contributed by atoms with Gasteiger partial charge >= 0.3 is 0 Å². The Morgan fingerprint density at radius 1 is 1.17 bits per heavy atom. The lowest BCUT2D eigenvalue weighted by atomic mass is 10.1. The number of likely N-dealkylation sites (tertiary alicyclic amines) is 2. The van der Waals surface area contributed by atoms with E-state index in [4.69, 9.17) is 14.5 Å². The minimum atomic E-state index is 0.553.